The number of aryl methyl sites for hydroxylation is 1. The van der Waals surface area contributed by atoms with Crippen LogP contribution in [0.4, 0.5) is 5.69 Å². The van der Waals surface area contributed by atoms with Crippen LogP contribution in [0, 0.1) is 22.0 Å². The van der Waals surface area contributed by atoms with Crippen molar-refractivity contribution >= 4 is 11.6 Å². The third-order valence-electron chi connectivity index (χ3n) is 5.40. The summed E-state index contributed by atoms with van der Waals surface area (Å²) < 4.78 is 0. The van der Waals surface area contributed by atoms with E-state index in [9.17, 15) is 14.9 Å². The SMILES string of the molecule is O=C1C2C(CN1CCCc1ccccc1)C2c1cccc([N+](=O)[O-])c1. The van der Waals surface area contributed by atoms with Gasteiger partial charge in [-0.2, -0.15) is 0 Å². The summed E-state index contributed by atoms with van der Waals surface area (Å²) in [7, 11) is 0. The van der Waals surface area contributed by atoms with Crippen molar-refractivity contribution in [2.45, 2.75) is 18.8 Å². The average molecular weight is 336 g/mol. The fourth-order valence-electron chi connectivity index (χ4n) is 4.11. The molecule has 0 N–H and O–H groups in total. The number of nitrogens with zero attached hydrogens (tertiary/aromatic N) is 2. The van der Waals surface area contributed by atoms with Crippen LogP contribution in [0.3, 0.4) is 0 Å². The molecule has 3 atom stereocenters. The molecule has 0 spiro atoms. The van der Waals surface area contributed by atoms with E-state index >= 15 is 0 Å². The highest BCUT2D eigenvalue weighted by atomic mass is 16.6. The zero-order chi connectivity index (χ0) is 17.4. The molecule has 2 fully saturated rings. The molecule has 1 saturated carbocycles. The molecule has 1 saturated heterocycles. The molecule has 3 unspecified atom stereocenters. The molecule has 5 nitrogen and oxygen atoms in total. The highest BCUT2D eigenvalue weighted by molar-refractivity contribution is 5.87. The zero-order valence-electron chi connectivity index (χ0n) is 13.9. The van der Waals surface area contributed by atoms with Gasteiger partial charge < -0.3 is 4.90 Å². The molecular weight excluding hydrogens is 316 g/mol. The highest BCUT2D eigenvalue weighted by Gasteiger charge is 2.61. The van der Waals surface area contributed by atoms with Crippen molar-refractivity contribution in [3.63, 3.8) is 0 Å². The van der Waals surface area contributed by atoms with Crippen LogP contribution < -0.4 is 0 Å². The van der Waals surface area contributed by atoms with E-state index in [0.717, 1.165) is 31.5 Å². The van der Waals surface area contributed by atoms with Crippen LogP contribution in [0.2, 0.25) is 0 Å². The van der Waals surface area contributed by atoms with E-state index in [1.807, 2.05) is 29.2 Å². The first-order valence-corrected chi connectivity index (χ1v) is 8.72. The average Bonchev–Trinajstić information content (AvgIpc) is 3.26. The number of carbonyl (C=O) groups excluding carboxylic acids is 1. The van der Waals surface area contributed by atoms with Gasteiger partial charge in [-0.05, 0) is 29.9 Å². The number of likely N-dealkylation sites (tertiary alicyclic amines) is 1. The number of nitro groups is 1. The van der Waals surface area contributed by atoms with Gasteiger partial charge in [0.1, 0.15) is 0 Å². The van der Waals surface area contributed by atoms with Gasteiger partial charge in [0, 0.05) is 31.1 Å². The Morgan fingerprint density at radius 3 is 2.56 bits per heavy atom. The molecule has 1 heterocycles. The monoisotopic (exact) mass is 336 g/mol. The Kier molecular flexibility index (Phi) is 3.99. The van der Waals surface area contributed by atoms with E-state index in [4.69, 9.17) is 0 Å². The third kappa shape index (κ3) is 3.02. The van der Waals surface area contributed by atoms with Crippen LogP contribution in [0.5, 0.6) is 0 Å². The second kappa shape index (κ2) is 6.31. The molecule has 0 bridgehead atoms. The number of nitro benzene ring substituents is 1. The normalized spacial score (nSPS) is 24.2. The second-order valence-electron chi connectivity index (χ2n) is 6.94. The number of carbonyl (C=O) groups is 1. The predicted octanol–water partition coefficient (Wildman–Crippen LogP) is 3.40. The molecule has 2 aromatic carbocycles. The number of piperidine rings is 1. The molecule has 0 aromatic heterocycles. The van der Waals surface area contributed by atoms with Gasteiger partial charge in [0.15, 0.2) is 0 Å². The quantitative estimate of drug-likeness (QED) is 0.600. The van der Waals surface area contributed by atoms with Crippen LogP contribution >= 0.6 is 0 Å². The van der Waals surface area contributed by atoms with E-state index < -0.39 is 0 Å². The Balaban J connectivity index is 1.33. The lowest BCUT2D eigenvalue weighted by Crippen LogP contribution is -2.31. The Labute approximate surface area is 146 Å². The van der Waals surface area contributed by atoms with Crippen LogP contribution in [0.15, 0.2) is 54.6 Å². The standard InChI is InChI=1S/C20H20N2O3/c23-20-19-17(18(19)15-9-4-10-16(12-15)22(24)25)13-21(20)11-5-8-14-6-2-1-3-7-14/h1-4,6-7,9-10,12,17-19H,5,8,11,13H2. The predicted molar refractivity (Wildman–Crippen MR) is 94.2 cm³/mol. The van der Waals surface area contributed by atoms with Crippen LogP contribution in [0.1, 0.15) is 23.5 Å². The first kappa shape index (κ1) is 15.8. The second-order valence-corrected chi connectivity index (χ2v) is 6.94. The lowest BCUT2D eigenvalue weighted by atomic mass is 10.1. The van der Waals surface area contributed by atoms with Crippen molar-refractivity contribution in [3.05, 3.63) is 75.8 Å². The molecule has 2 aromatic rings. The van der Waals surface area contributed by atoms with E-state index in [0.29, 0.717) is 5.92 Å². The maximum Gasteiger partial charge on any atom is 0.269 e. The molecule has 5 heteroatoms. The first-order chi connectivity index (χ1) is 12.1. The Morgan fingerprint density at radius 2 is 1.88 bits per heavy atom. The minimum Gasteiger partial charge on any atom is -0.342 e. The summed E-state index contributed by atoms with van der Waals surface area (Å²) in [5.74, 6) is 0.734. The van der Waals surface area contributed by atoms with Crippen molar-refractivity contribution in [2.24, 2.45) is 11.8 Å². The molecule has 2 aliphatic rings. The largest absolute Gasteiger partial charge is 0.342 e. The van der Waals surface area contributed by atoms with E-state index in [-0.39, 0.29) is 28.4 Å². The van der Waals surface area contributed by atoms with Gasteiger partial charge in [0.05, 0.1) is 10.8 Å². The van der Waals surface area contributed by atoms with Gasteiger partial charge in [0.25, 0.3) is 5.69 Å². The Bertz CT molecular complexity index is 806. The Hall–Kier alpha value is -2.69. The number of fused-ring (bicyclic) bond motifs is 1. The van der Waals surface area contributed by atoms with Gasteiger partial charge in [-0.25, -0.2) is 0 Å². The number of non-ortho nitro benzene ring substituents is 1. The summed E-state index contributed by atoms with van der Waals surface area (Å²) in [6.07, 6.45) is 1.95. The molecule has 1 aliphatic carbocycles. The summed E-state index contributed by atoms with van der Waals surface area (Å²) in [6.45, 7) is 1.58. The van der Waals surface area contributed by atoms with Crippen LogP contribution in [0.25, 0.3) is 0 Å². The maximum atomic E-state index is 12.6. The van der Waals surface area contributed by atoms with E-state index in [1.54, 1.807) is 12.1 Å². The summed E-state index contributed by atoms with van der Waals surface area (Å²) in [6, 6.07) is 17.0. The van der Waals surface area contributed by atoms with Gasteiger partial charge in [-0.15, -0.1) is 0 Å². The van der Waals surface area contributed by atoms with Crippen molar-refractivity contribution in [1.82, 2.24) is 4.90 Å². The fourth-order valence-corrected chi connectivity index (χ4v) is 4.11. The molecule has 0 radical (unpaired) electrons. The topological polar surface area (TPSA) is 63.5 Å². The van der Waals surface area contributed by atoms with Gasteiger partial charge in [-0.1, -0.05) is 42.5 Å². The fraction of sp³-hybridized carbons (Fsp3) is 0.350. The minimum absolute atomic E-state index is 0.0266. The van der Waals surface area contributed by atoms with Crippen LogP contribution in [-0.2, 0) is 11.2 Å². The molecule has 4 rings (SSSR count). The number of hydrogen-bond acceptors (Lipinski definition) is 3. The molecule has 1 aliphatic heterocycles. The van der Waals surface area contributed by atoms with Gasteiger partial charge in [0.2, 0.25) is 5.91 Å². The van der Waals surface area contributed by atoms with Crippen molar-refractivity contribution in [3.8, 4) is 0 Å². The van der Waals surface area contributed by atoms with E-state index in [1.165, 1.54) is 11.6 Å². The molecular formula is C20H20N2O3. The number of amides is 1. The van der Waals surface area contributed by atoms with Crippen molar-refractivity contribution in [2.75, 3.05) is 13.1 Å². The third-order valence-corrected chi connectivity index (χ3v) is 5.40. The number of rotatable bonds is 6. The molecule has 25 heavy (non-hydrogen) atoms. The summed E-state index contributed by atoms with van der Waals surface area (Å²) in [4.78, 5) is 25.1. The first-order valence-electron chi connectivity index (χ1n) is 8.72. The molecule has 128 valence electrons. The summed E-state index contributed by atoms with van der Waals surface area (Å²) in [5.41, 5.74) is 2.34. The number of hydrogen-bond donors (Lipinski definition) is 0. The lowest BCUT2D eigenvalue weighted by molar-refractivity contribution is -0.384. The Morgan fingerprint density at radius 1 is 1.08 bits per heavy atom. The minimum atomic E-state index is -0.376. The smallest absolute Gasteiger partial charge is 0.269 e. The highest BCUT2D eigenvalue weighted by Crippen LogP contribution is 2.59. The van der Waals surface area contributed by atoms with Crippen molar-refractivity contribution in [1.29, 1.82) is 0 Å². The lowest BCUT2D eigenvalue weighted by Gasteiger charge is -2.20. The van der Waals surface area contributed by atoms with Gasteiger partial charge in [-0.3, -0.25) is 14.9 Å². The summed E-state index contributed by atoms with van der Waals surface area (Å²) >= 11 is 0. The zero-order valence-corrected chi connectivity index (χ0v) is 13.9. The van der Waals surface area contributed by atoms with Gasteiger partial charge >= 0.3 is 0 Å². The summed E-state index contributed by atoms with van der Waals surface area (Å²) in [5, 5.41) is 10.9. The molecule has 1 amide bonds. The number of benzene rings is 2. The maximum absolute atomic E-state index is 12.6. The van der Waals surface area contributed by atoms with Crippen LogP contribution in [-0.4, -0.2) is 28.8 Å². The van der Waals surface area contributed by atoms with E-state index in [2.05, 4.69) is 12.1 Å². The van der Waals surface area contributed by atoms with Crippen molar-refractivity contribution < 1.29 is 9.72 Å².